The fourth-order valence-corrected chi connectivity index (χ4v) is 1.27. The molecule has 0 aromatic rings. The average Bonchev–Trinajstić information content (AvgIpc) is 1.85. The second kappa shape index (κ2) is 6.63. The lowest BCUT2D eigenvalue weighted by Gasteiger charge is -1.95. The van der Waals surface area contributed by atoms with E-state index in [0.29, 0.717) is 0 Å². The van der Waals surface area contributed by atoms with Crippen LogP contribution in [0.5, 0.6) is 0 Å². The zero-order valence-corrected chi connectivity index (χ0v) is 8.00. The van der Waals surface area contributed by atoms with Gasteiger partial charge in [-0.2, -0.15) is 0 Å². The van der Waals surface area contributed by atoms with Crippen molar-refractivity contribution in [2.45, 2.75) is 19.8 Å². The molecular weight excluding hydrogens is 199 g/mol. The number of halogens is 2. The van der Waals surface area contributed by atoms with Crippen LogP contribution in [-0.2, 0) is 0 Å². The summed E-state index contributed by atoms with van der Waals surface area (Å²) in [6.45, 7) is 2.13. The Hall–Kier alpha value is 0.510. The molecule has 9 heavy (non-hydrogen) atoms. The summed E-state index contributed by atoms with van der Waals surface area (Å²) in [7, 11) is 0. The molecule has 54 valence electrons. The molecular formula is C7H12BrCl. The Kier molecular flexibility index (Phi) is 7.00. The topological polar surface area (TPSA) is 0 Å². The summed E-state index contributed by atoms with van der Waals surface area (Å²) in [5.41, 5.74) is 1.42. The molecule has 2 heteroatoms. The maximum atomic E-state index is 5.51. The Balaban J connectivity index is 3.25. The molecule has 0 fully saturated rings. The maximum absolute atomic E-state index is 5.51. The number of rotatable bonds is 4. The van der Waals surface area contributed by atoms with E-state index < -0.39 is 0 Å². The van der Waals surface area contributed by atoms with Crippen LogP contribution in [0.2, 0.25) is 0 Å². The Bertz CT molecular complexity index is 88.9. The van der Waals surface area contributed by atoms with Gasteiger partial charge in [0.25, 0.3) is 0 Å². The molecule has 0 N–H and O–H groups in total. The summed E-state index contributed by atoms with van der Waals surface area (Å²) in [5.74, 6) is 0.771. The predicted octanol–water partition coefficient (Wildman–Crippen LogP) is 3.35. The lowest BCUT2D eigenvalue weighted by Crippen LogP contribution is -1.79. The van der Waals surface area contributed by atoms with Crippen LogP contribution >= 0.6 is 27.5 Å². The Morgan fingerprint density at radius 1 is 1.67 bits per heavy atom. The second-order valence-electron chi connectivity index (χ2n) is 2.00. The van der Waals surface area contributed by atoms with E-state index in [4.69, 9.17) is 11.6 Å². The van der Waals surface area contributed by atoms with E-state index in [9.17, 15) is 0 Å². The van der Waals surface area contributed by atoms with Crippen molar-refractivity contribution in [3.05, 3.63) is 11.6 Å². The monoisotopic (exact) mass is 210 g/mol. The molecule has 0 rings (SSSR count). The van der Waals surface area contributed by atoms with Gasteiger partial charge in [-0.3, -0.25) is 0 Å². The summed E-state index contributed by atoms with van der Waals surface area (Å²) < 4.78 is 0. The molecule has 0 heterocycles. The van der Waals surface area contributed by atoms with Gasteiger partial charge >= 0.3 is 0 Å². The molecule has 0 aliphatic carbocycles. The SMILES string of the molecule is C/C(=C\CBr)CCCCl. The van der Waals surface area contributed by atoms with Gasteiger partial charge in [0.1, 0.15) is 0 Å². The molecule has 0 bridgehead atoms. The number of hydrogen-bond acceptors (Lipinski definition) is 0. The van der Waals surface area contributed by atoms with Crippen LogP contribution in [-0.4, -0.2) is 11.2 Å². The van der Waals surface area contributed by atoms with Crippen molar-refractivity contribution in [1.29, 1.82) is 0 Å². The molecule has 0 saturated carbocycles. The van der Waals surface area contributed by atoms with Crippen molar-refractivity contribution in [3.8, 4) is 0 Å². The Morgan fingerprint density at radius 2 is 2.33 bits per heavy atom. The number of allylic oxidation sites excluding steroid dienone is 2. The molecule has 0 aliphatic rings. The molecule has 0 amide bonds. The van der Waals surface area contributed by atoms with Crippen molar-refractivity contribution < 1.29 is 0 Å². The van der Waals surface area contributed by atoms with Gasteiger partial charge in [-0.1, -0.05) is 27.6 Å². The van der Waals surface area contributed by atoms with Crippen LogP contribution in [0.15, 0.2) is 11.6 Å². The van der Waals surface area contributed by atoms with E-state index in [-0.39, 0.29) is 0 Å². The van der Waals surface area contributed by atoms with Crippen molar-refractivity contribution in [1.82, 2.24) is 0 Å². The minimum atomic E-state index is 0.771. The van der Waals surface area contributed by atoms with Gasteiger partial charge in [-0.15, -0.1) is 11.6 Å². The molecule has 0 aromatic carbocycles. The van der Waals surface area contributed by atoms with Crippen molar-refractivity contribution in [2.24, 2.45) is 0 Å². The summed E-state index contributed by atoms with van der Waals surface area (Å²) in [4.78, 5) is 0. The van der Waals surface area contributed by atoms with Crippen molar-refractivity contribution in [2.75, 3.05) is 11.2 Å². The Morgan fingerprint density at radius 3 is 2.78 bits per heavy atom. The zero-order valence-electron chi connectivity index (χ0n) is 5.66. The lowest BCUT2D eigenvalue weighted by atomic mass is 10.2. The highest BCUT2D eigenvalue weighted by molar-refractivity contribution is 9.09. The van der Waals surface area contributed by atoms with E-state index in [2.05, 4.69) is 28.9 Å². The fourth-order valence-electron chi connectivity index (χ4n) is 0.579. The number of hydrogen-bond donors (Lipinski definition) is 0. The van der Waals surface area contributed by atoms with Gasteiger partial charge < -0.3 is 0 Å². The van der Waals surface area contributed by atoms with Crippen LogP contribution in [0, 0.1) is 0 Å². The van der Waals surface area contributed by atoms with E-state index in [1.54, 1.807) is 0 Å². The summed E-state index contributed by atoms with van der Waals surface area (Å²) in [6.07, 6.45) is 4.40. The predicted molar refractivity (Wildman–Crippen MR) is 47.5 cm³/mol. The van der Waals surface area contributed by atoms with Gasteiger partial charge in [0.2, 0.25) is 0 Å². The van der Waals surface area contributed by atoms with Crippen LogP contribution in [0.25, 0.3) is 0 Å². The quantitative estimate of drug-likeness (QED) is 0.494. The lowest BCUT2D eigenvalue weighted by molar-refractivity contribution is 0.910. The first-order valence-electron chi connectivity index (χ1n) is 3.08. The van der Waals surface area contributed by atoms with Gasteiger partial charge in [0.05, 0.1) is 0 Å². The van der Waals surface area contributed by atoms with Gasteiger partial charge in [0, 0.05) is 11.2 Å². The largest absolute Gasteiger partial charge is 0.127 e. The molecule has 0 atom stereocenters. The average molecular weight is 212 g/mol. The maximum Gasteiger partial charge on any atom is 0.0226 e. The summed E-state index contributed by atoms with van der Waals surface area (Å²) >= 11 is 8.84. The molecule has 0 nitrogen and oxygen atoms in total. The van der Waals surface area contributed by atoms with Gasteiger partial charge in [-0.25, -0.2) is 0 Å². The molecule has 0 spiro atoms. The van der Waals surface area contributed by atoms with E-state index >= 15 is 0 Å². The summed E-state index contributed by atoms with van der Waals surface area (Å²) in [5, 5.41) is 0.959. The highest BCUT2D eigenvalue weighted by atomic mass is 79.9. The second-order valence-corrected chi connectivity index (χ2v) is 3.02. The first kappa shape index (κ1) is 9.51. The van der Waals surface area contributed by atoms with Crippen molar-refractivity contribution in [3.63, 3.8) is 0 Å². The smallest absolute Gasteiger partial charge is 0.0226 e. The number of alkyl halides is 2. The van der Waals surface area contributed by atoms with Crippen LogP contribution < -0.4 is 0 Å². The van der Waals surface area contributed by atoms with E-state index in [0.717, 1.165) is 24.1 Å². The van der Waals surface area contributed by atoms with E-state index in [1.165, 1.54) is 5.57 Å². The minimum absolute atomic E-state index is 0.771. The van der Waals surface area contributed by atoms with E-state index in [1.807, 2.05) is 0 Å². The first-order valence-corrected chi connectivity index (χ1v) is 4.74. The Labute approximate surface area is 70.4 Å². The molecule has 0 saturated heterocycles. The third kappa shape index (κ3) is 6.39. The standard InChI is InChI=1S/C7H12BrCl/c1-7(4-5-8)3-2-6-9/h4H,2-3,5-6H2,1H3/b7-4+. The fraction of sp³-hybridized carbons (Fsp3) is 0.714. The third-order valence-corrected chi connectivity index (χ3v) is 1.72. The minimum Gasteiger partial charge on any atom is -0.127 e. The normalized spacial score (nSPS) is 12.1. The highest BCUT2D eigenvalue weighted by Gasteiger charge is 1.86. The third-order valence-electron chi connectivity index (χ3n) is 1.13. The van der Waals surface area contributed by atoms with Crippen molar-refractivity contribution >= 4 is 27.5 Å². The highest BCUT2D eigenvalue weighted by Crippen LogP contribution is 2.04. The molecule has 0 unspecified atom stereocenters. The van der Waals surface area contributed by atoms with Crippen LogP contribution in [0.4, 0.5) is 0 Å². The first-order chi connectivity index (χ1) is 4.31. The summed E-state index contributed by atoms with van der Waals surface area (Å²) in [6, 6.07) is 0. The van der Waals surface area contributed by atoms with Gasteiger partial charge in [-0.05, 0) is 19.8 Å². The molecule has 0 radical (unpaired) electrons. The van der Waals surface area contributed by atoms with Crippen LogP contribution in [0.3, 0.4) is 0 Å². The van der Waals surface area contributed by atoms with Gasteiger partial charge in [0.15, 0.2) is 0 Å². The van der Waals surface area contributed by atoms with Crippen LogP contribution in [0.1, 0.15) is 19.8 Å². The zero-order chi connectivity index (χ0) is 7.11. The molecule has 0 aromatic heterocycles. The molecule has 0 aliphatic heterocycles.